The van der Waals surface area contributed by atoms with E-state index in [4.69, 9.17) is 5.14 Å². The number of sulfonamides is 1. The Labute approximate surface area is 97.6 Å². The third-order valence-electron chi connectivity index (χ3n) is 1.90. The Morgan fingerprint density at radius 2 is 1.88 bits per heavy atom. The number of nitrogens with one attached hydrogen (secondary N) is 1. The van der Waals surface area contributed by atoms with Crippen molar-refractivity contribution < 1.29 is 12.6 Å². The minimum Gasteiger partial charge on any atom is -0.384 e. The van der Waals surface area contributed by atoms with Gasteiger partial charge in [-0.15, -0.1) is 0 Å². The van der Waals surface area contributed by atoms with Gasteiger partial charge in [-0.3, -0.25) is 4.21 Å². The summed E-state index contributed by atoms with van der Waals surface area (Å²) in [5.41, 5.74) is 0.776. The second kappa shape index (κ2) is 5.42. The molecule has 90 valence electrons. The van der Waals surface area contributed by atoms with Crippen molar-refractivity contribution in [1.29, 1.82) is 0 Å². The van der Waals surface area contributed by atoms with Gasteiger partial charge in [0.15, 0.2) is 0 Å². The number of nitrogens with two attached hydrogens (primary N) is 1. The van der Waals surface area contributed by atoms with Crippen LogP contribution >= 0.6 is 0 Å². The molecule has 7 heteroatoms. The van der Waals surface area contributed by atoms with Crippen molar-refractivity contribution in [3.63, 3.8) is 0 Å². The van der Waals surface area contributed by atoms with E-state index < -0.39 is 20.8 Å². The van der Waals surface area contributed by atoms with Crippen molar-refractivity contribution in [1.82, 2.24) is 0 Å². The third kappa shape index (κ3) is 4.30. The summed E-state index contributed by atoms with van der Waals surface area (Å²) in [5, 5.41) is 7.98. The van der Waals surface area contributed by atoms with Crippen LogP contribution in [0.25, 0.3) is 0 Å². The fourth-order valence-electron chi connectivity index (χ4n) is 1.10. The Kier molecular flexibility index (Phi) is 4.45. The Balaban J connectivity index is 2.62. The maximum Gasteiger partial charge on any atom is 0.238 e. The summed E-state index contributed by atoms with van der Waals surface area (Å²) >= 11 is 0. The minimum atomic E-state index is -3.63. The van der Waals surface area contributed by atoms with Gasteiger partial charge in [-0.25, -0.2) is 13.6 Å². The molecule has 0 saturated heterocycles. The van der Waals surface area contributed by atoms with E-state index in [1.807, 2.05) is 0 Å². The molecule has 0 amide bonds. The standard InChI is InChI=1S/C9H14N2O3S2/c1-15(12)7-6-11-8-2-4-9(5-3-8)16(10,13)14/h2-5,11H,6-7H2,1H3,(H2,10,13,14). The molecule has 0 aliphatic heterocycles. The first kappa shape index (κ1) is 13.1. The van der Waals surface area contributed by atoms with Gasteiger partial charge in [0, 0.05) is 35.0 Å². The molecule has 0 aromatic heterocycles. The Hall–Kier alpha value is -0.920. The topological polar surface area (TPSA) is 89.3 Å². The molecule has 0 aliphatic carbocycles. The molecule has 5 nitrogen and oxygen atoms in total. The van der Waals surface area contributed by atoms with Crippen LogP contribution in [0.1, 0.15) is 0 Å². The predicted octanol–water partition coefficient (Wildman–Crippen LogP) is 0.124. The maximum absolute atomic E-state index is 11.0. The van der Waals surface area contributed by atoms with Gasteiger partial charge >= 0.3 is 0 Å². The first-order valence-electron chi connectivity index (χ1n) is 4.56. The number of rotatable bonds is 5. The zero-order valence-corrected chi connectivity index (χ0v) is 10.5. The predicted molar refractivity (Wildman–Crippen MR) is 65.2 cm³/mol. The Morgan fingerprint density at radius 3 is 2.31 bits per heavy atom. The van der Waals surface area contributed by atoms with Crippen LogP contribution < -0.4 is 10.5 Å². The van der Waals surface area contributed by atoms with E-state index in [-0.39, 0.29) is 4.90 Å². The van der Waals surface area contributed by atoms with E-state index in [1.165, 1.54) is 12.1 Å². The molecule has 1 atom stereocenters. The highest BCUT2D eigenvalue weighted by atomic mass is 32.2. The van der Waals surface area contributed by atoms with Crippen molar-refractivity contribution in [2.45, 2.75) is 4.90 Å². The molecule has 0 radical (unpaired) electrons. The average molecular weight is 262 g/mol. The van der Waals surface area contributed by atoms with Gasteiger partial charge in [-0.05, 0) is 24.3 Å². The second-order valence-electron chi connectivity index (χ2n) is 3.27. The number of anilines is 1. The van der Waals surface area contributed by atoms with Crippen LogP contribution in [0.4, 0.5) is 5.69 Å². The molecule has 1 rings (SSSR count). The summed E-state index contributed by atoms with van der Waals surface area (Å²) in [6.07, 6.45) is 1.63. The summed E-state index contributed by atoms with van der Waals surface area (Å²) in [6.45, 7) is 0.581. The molecule has 0 fully saturated rings. The van der Waals surface area contributed by atoms with Crippen molar-refractivity contribution in [2.75, 3.05) is 23.9 Å². The molecule has 16 heavy (non-hydrogen) atoms. The molecule has 0 bridgehead atoms. The van der Waals surface area contributed by atoms with Crippen LogP contribution in [0, 0.1) is 0 Å². The Bertz CT molecular complexity index is 468. The monoisotopic (exact) mass is 262 g/mol. The number of hydrogen-bond donors (Lipinski definition) is 2. The second-order valence-corrected chi connectivity index (χ2v) is 6.39. The van der Waals surface area contributed by atoms with E-state index in [9.17, 15) is 12.6 Å². The molecule has 1 aromatic carbocycles. The number of benzene rings is 1. The highest BCUT2D eigenvalue weighted by Crippen LogP contribution is 2.12. The van der Waals surface area contributed by atoms with E-state index in [0.29, 0.717) is 12.3 Å². The minimum absolute atomic E-state index is 0.0807. The van der Waals surface area contributed by atoms with E-state index in [1.54, 1.807) is 18.4 Å². The summed E-state index contributed by atoms with van der Waals surface area (Å²) in [4.78, 5) is 0.0807. The van der Waals surface area contributed by atoms with Crippen molar-refractivity contribution in [3.8, 4) is 0 Å². The van der Waals surface area contributed by atoms with E-state index >= 15 is 0 Å². The van der Waals surface area contributed by atoms with Gasteiger partial charge in [0.1, 0.15) is 0 Å². The molecule has 0 heterocycles. The number of hydrogen-bond acceptors (Lipinski definition) is 4. The molecule has 1 aromatic rings. The summed E-state index contributed by atoms with van der Waals surface area (Å²) in [6, 6.07) is 6.11. The number of primary sulfonamides is 1. The first-order valence-corrected chi connectivity index (χ1v) is 7.84. The van der Waals surface area contributed by atoms with Gasteiger partial charge in [-0.2, -0.15) is 0 Å². The van der Waals surface area contributed by atoms with Gasteiger partial charge in [0.05, 0.1) is 4.90 Å². The molecular weight excluding hydrogens is 248 g/mol. The lowest BCUT2D eigenvalue weighted by molar-refractivity contribution is 0.598. The van der Waals surface area contributed by atoms with Gasteiger partial charge in [0.25, 0.3) is 0 Å². The van der Waals surface area contributed by atoms with Crippen LogP contribution in [0.3, 0.4) is 0 Å². The van der Waals surface area contributed by atoms with E-state index in [2.05, 4.69) is 5.32 Å². The quantitative estimate of drug-likeness (QED) is 0.789. The molecule has 0 saturated carbocycles. The zero-order chi connectivity index (χ0) is 12.2. The molecule has 1 unspecified atom stereocenters. The smallest absolute Gasteiger partial charge is 0.238 e. The summed E-state index contributed by atoms with van der Waals surface area (Å²) < 4.78 is 32.7. The Morgan fingerprint density at radius 1 is 1.31 bits per heavy atom. The molecular formula is C9H14N2O3S2. The van der Waals surface area contributed by atoms with Gasteiger partial charge in [-0.1, -0.05) is 0 Å². The van der Waals surface area contributed by atoms with Crippen molar-refractivity contribution in [3.05, 3.63) is 24.3 Å². The normalized spacial score (nSPS) is 13.4. The highest BCUT2D eigenvalue weighted by Gasteiger charge is 2.06. The lowest BCUT2D eigenvalue weighted by atomic mass is 10.3. The average Bonchev–Trinajstić information content (AvgIpc) is 2.16. The highest BCUT2D eigenvalue weighted by molar-refractivity contribution is 7.89. The summed E-state index contributed by atoms with van der Waals surface area (Å²) in [5.74, 6) is 0.553. The van der Waals surface area contributed by atoms with Crippen molar-refractivity contribution in [2.24, 2.45) is 5.14 Å². The van der Waals surface area contributed by atoms with Crippen LogP contribution in [-0.4, -0.2) is 31.2 Å². The van der Waals surface area contributed by atoms with Crippen molar-refractivity contribution >= 4 is 26.5 Å². The SMILES string of the molecule is CS(=O)CCNc1ccc(S(N)(=O)=O)cc1. The van der Waals surface area contributed by atoms with Gasteiger partial charge < -0.3 is 5.32 Å². The summed E-state index contributed by atoms with van der Waals surface area (Å²) in [7, 11) is -4.47. The van der Waals surface area contributed by atoms with Crippen LogP contribution in [0.2, 0.25) is 0 Å². The van der Waals surface area contributed by atoms with Gasteiger partial charge in [0.2, 0.25) is 10.0 Å². The third-order valence-corrected chi connectivity index (χ3v) is 3.61. The molecule has 0 aliphatic rings. The molecule has 0 spiro atoms. The van der Waals surface area contributed by atoms with Crippen LogP contribution in [-0.2, 0) is 20.8 Å². The lowest BCUT2D eigenvalue weighted by Gasteiger charge is -2.05. The van der Waals surface area contributed by atoms with Crippen LogP contribution in [0.15, 0.2) is 29.2 Å². The maximum atomic E-state index is 11.0. The zero-order valence-electron chi connectivity index (χ0n) is 8.84. The largest absolute Gasteiger partial charge is 0.384 e. The fraction of sp³-hybridized carbons (Fsp3) is 0.333. The lowest BCUT2D eigenvalue weighted by Crippen LogP contribution is -2.12. The van der Waals surface area contributed by atoms with E-state index in [0.717, 1.165) is 5.69 Å². The molecule has 3 N–H and O–H groups in total. The van der Waals surface area contributed by atoms with Crippen LogP contribution in [0.5, 0.6) is 0 Å². The fourth-order valence-corrected chi connectivity index (χ4v) is 2.01. The first-order chi connectivity index (χ1) is 7.39.